The number of hydrogen-bond acceptors (Lipinski definition) is 5. The van der Waals surface area contributed by atoms with Gasteiger partial charge in [0.15, 0.2) is 0 Å². The van der Waals surface area contributed by atoms with Crippen LogP contribution < -0.4 is 9.05 Å². The van der Waals surface area contributed by atoms with E-state index >= 15 is 0 Å². The summed E-state index contributed by atoms with van der Waals surface area (Å²) in [4.78, 5) is 26.8. The van der Waals surface area contributed by atoms with Crippen molar-refractivity contribution < 1.29 is 23.4 Å². The maximum atomic E-state index is 13.4. The number of aryl methyl sites for hydroxylation is 1. The molecule has 1 fully saturated rings. The van der Waals surface area contributed by atoms with E-state index in [9.17, 15) is 9.59 Å². The zero-order chi connectivity index (χ0) is 21.8. The Morgan fingerprint density at radius 2 is 1.90 bits per heavy atom. The molecule has 0 saturated carbocycles. The minimum Gasteiger partial charge on any atom is -0.479 e. The molecule has 1 aliphatic heterocycles. The Balaban J connectivity index is 1.90. The smallest absolute Gasteiger partial charge is 0.309 e. The molecule has 30 heavy (non-hydrogen) atoms. The Labute approximate surface area is 185 Å². The Kier molecular flexibility index (Phi) is 7.57. The van der Waals surface area contributed by atoms with Crippen LogP contribution in [0, 0.1) is 6.92 Å². The summed E-state index contributed by atoms with van der Waals surface area (Å²) in [7, 11) is 5.66. The van der Waals surface area contributed by atoms with E-state index in [0.29, 0.717) is 28.6 Å². The van der Waals surface area contributed by atoms with Gasteiger partial charge in [-0.05, 0) is 42.5 Å². The van der Waals surface area contributed by atoms with E-state index < -0.39 is 0 Å². The van der Waals surface area contributed by atoms with Crippen molar-refractivity contribution in [3.8, 4) is 11.5 Å². The van der Waals surface area contributed by atoms with Gasteiger partial charge in [0.2, 0.25) is 0 Å². The average Bonchev–Trinajstić information content (AvgIpc) is 3.22. The van der Waals surface area contributed by atoms with Gasteiger partial charge in [-0.3, -0.25) is 9.59 Å². The number of amides is 1. The fraction of sp³-hybridized carbons (Fsp3) is 0.333. The number of halogens is 1. The van der Waals surface area contributed by atoms with Crippen molar-refractivity contribution >= 4 is 42.4 Å². The van der Waals surface area contributed by atoms with Crippen molar-refractivity contribution in [2.75, 3.05) is 13.7 Å². The molecule has 0 aliphatic carbocycles. The van der Waals surface area contributed by atoms with Gasteiger partial charge < -0.3 is 18.7 Å². The summed E-state index contributed by atoms with van der Waals surface area (Å²) in [5.41, 5.74) is 3.37. The fourth-order valence-corrected chi connectivity index (χ4v) is 4.51. The lowest BCUT2D eigenvalue weighted by Gasteiger charge is -2.27. The number of nitrogens with zero attached hydrogens (tertiary/aromatic N) is 1. The van der Waals surface area contributed by atoms with Gasteiger partial charge in [-0.2, -0.15) is 0 Å². The van der Waals surface area contributed by atoms with Crippen LogP contribution in [0.2, 0.25) is 5.02 Å². The van der Waals surface area contributed by atoms with Crippen molar-refractivity contribution in [3.63, 3.8) is 0 Å². The molecule has 0 bridgehead atoms. The van der Waals surface area contributed by atoms with E-state index in [1.165, 1.54) is 7.11 Å². The molecule has 0 radical (unpaired) electrons. The summed E-state index contributed by atoms with van der Waals surface area (Å²) in [6.45, 7) is 2.64. The first kappa shape index (κ1) is 22.8. The highest BCUT2D eigenvalue weighted by molar-refractivity contribution is 7.10. The molecule has 0 aromatic heterocycles. The predicted octanol–water partition coefficient (Wildman–Crippen LogP) is 4.68. The molecule has 6 nitrogen and oxygen atoms in total. The second kappa shape index (κ2) is 9.96. The fourth-order valence-electron chi connectivity index (χ4n) is 3.84. The summed E-state index contributed by atoms with van der Waals surface area (Å²) in [6, 6.07) is 9.00. The molecule has 1 aliphatic rings. The Bertz CT molecular complexity index is 969. The standard InChI is InChI=1S/C21H24ClNO5P2/c1-12-8-13(9-20(24)26-2)5-6-14(12)17-4-3-7-23(17)21(25)15-10-16(22)19(28-30)11-18(15)27-29/h5-6,8,10-11,17H,3-4,7,9,29-30H2,1-2H3. The van der Waals surface area contributed by atoms with E-state index in [2.05, 4.69) is 18.9 Å². The van der Waals surface area contributed by atoms with E-state index in [1.807, 2.05) is 30.0 Å². The Hall–Kier alpha value is -1.87. The first-order chi connectivity index (χ1) is 14.4. The molecule has 9 heteroatoms. The Morgan fingerprint density at radius 3 is 2.53 bits per heavy atom. The summed E-state index contributed by atoms with van der Waals surface area (Å²) >= 11 is 6.25. The molecule has 3 unspecified atom stereocenters. The number of ether oxygens (including phenoxy) is 1. The number of rotatable bonds is 6. The van der Waals surface area contributed by atoms with Gasteiger partial charge in [-0.25, -0.2) is 0 Å². The highest BCUT2D eigenvalue weighted by atomic mass is 35.5. The van der Waals surface area contributed by atoms with Crippen LogP contribution in [0.25, 0.3) is 0 Å². The first-order valence-corrected chi connectivity index (χ1v) is 10.8. The third-order valence-corrected chi connectivity index (χ3v) is 6.10. The quantitative estimate of drug-likeness (QED) is 0.456. The molecule has 160 valence electrons. The molecule has 1 saturated heterocycles. The molecule has 3 rings (SSSR count). The number of methoxy groups -OCH3 is 1. The third kappa shape index (κ3) is 4.72. The summed E-state index contributed by atoms with van der Waals surface area (Å²) in [5.74, 6) is 0.359. The van der Waals surface area contributed by atoms with E-state index in [4.69, 9.17) is 25.4 Å². The van der Waals surface area contributed by atoms with E-state index in [-0.39, 0.29) is 24.3 Å². The predicted molar refractivity (Wildman–Crippen MR) is 122 cm³/mol. The Morgan fingerprint density at radius 1 is 1.17 bits per heavy atom. The van der Waals surface area contributed by atoms with Crippen LogP contribution in [0.3, 0.4) is 0 Å². The van der Waals surface area contributed by atoms with Crippen molar-refractivity contribution in [1.82, 2.24) is 4.90 Å². The summed E-state index contributed by atoms with van der Waals surface area (Å²) in [6.07, 6.45) is 1.99. The number of hydrogen-bond donors (Lipinski definition) is 0. The molecule has 1 amide bonds. The maximum absolute atomic E-state index is 13.4. The van der Waals surface area contributed by atoms with Gasteiger partial charge >= 0.3 is 5.97 Å². The van der Waals surface area contributed by atoms with Crippen LogP contribution in [-0.4, -0.2) is 30.4 Å². The minimum atomic E-state index is -0.278. The van der Waals surface area contributed by atoms with Crippen LogP contribution in [0.1, 0.15) is 45.9 Å². The van der Waals surface area contributed by atoms with Gasteiger partial charge in [-0.1, -0.05) is 29.8 Å². The van der Waals surface area contributed by atoms with Crippen molar-refractivity contribution in [3.05, 3.63) is 57.6 Å². The third-order valence-electron chi connectivity index (χ3n) is 5.30. The topological polar surface area (TPSA) is 65.1 Å². The highest BCUT2D eigenvalue weighted by Gasteiger charge is 2.33. The summed E-state index contributed by atoms with van der Waals surface area (Å²) < 4.78 is 15.2. The monoisotopic (exact) mass is 467 g/mol. The lowest BCUT2D eigenvalue weighted by Crippen LogP contribution is -2.31. The second-order valence-corrected chi connectivity index (χ2v) is 7.99. The van der Waals surface area contributed by atoms with Crippen LogP contribution in [0.15, 0.2) is 30.3 Å². The molecule has 2 aromatic rings. The number of benzene rings is 2. The zero-order valence-corrected chi connectivity index (χ0v) is 19.9. The SMILES string of the molecule is COC(=O)Cc1ccc(C2CCCN2C(=O)c2cc(Cl)c(OP)cc2OP)c(C)c1. The molecule has 0 spiro atoms. The van der Waals surface area contributed by atoms with Crippen LogP contribution in [0.4, 0.5) is 0 Å². The number of likely N-dealkylation sites (tertiary alicyclic amines) is 1. The highest BCUT2D eigenvalue weighted by Crippen LogP contribution is 2.39. The van der Waals surface area contributed by atoms with Crippen molar-refractivity contribution in [1.29, 1.82) is 0 Å². The van der Waals surface area contributed by atoms with Crippen molar-refractivity contribution in [2.24, 2.45) is 0 Å². The molecular weight excluding hydrogens is 444 g/mol. The first-order valence-electron chi connectivity index (χ1n) is 9.43. The van der Waals surface area contributed by atoms with Gasteiger partial charge in [0, 0.05) is 12.6 Å². The van der Waals surface area contributed by atoms with Crippen LogP contribution in [-0.2, 0) is 16.0 Å². The van der Waals surface area contributed by atoms with Gasteiger partial charge in [-0.15, -0.1) is 0 Å². The average molecular weight is 468 g/mol. The molecule has 1 heterocycles. The van der Waals surface area contributed by atoms with Gasteiger partial charge in [0.1, 0.15) is 11.5 Å². The minimum absolute atomic E-state index is 0.0570. The molecule has 3 atom stereocenters. The zero-order valence-electron chi connectivity index (χ0n) is 16.8. The number of carbonyl (C=O) groups excluding carboxylic acids is 2. The maximum Gasteiger partial charge on any atom is 0.309 e. The molecule has 2 aromatic carbocycles. The lowest BCUT2D eigenvalue weighted by molar-refractivity contribution is -0.139. The van der Waals surface area contributed by atoms with Crippen molar-refractivity contribution in [2.45, 2.75) is 32.2 Å². The lowest BCUT2D eigenvalue weighted by atomic mass is 9.96. The van der Waals surface area contributed by atoms with Gasteiger partial charge in [0.05, 0.1) is 49.1 Å². The van der Waals surface area contributed by atoms with E-state index in [0.717, 1.165) is 29.5 Å². The number of carbonyl (C=O) groups is 2. The van der Waals surface area contributed by atoms with Gasteiger partial charge in [0.25, 0.3) is 5.91 Å². The van der Waals surface area contributed by atoms with Crippen LogP contribution in [0.5, 0.6) is 11.5 Å². The molecular formula is C21H24ClNO5P2. The second-order valence-electron chi connectivity index (χ2n) is 7.11. The van der Waals surface area contributed by atoms with E-state index in [1.54, 1.807) is 12.1 Å². The summed E-state index contributed by atoms with van der Waals surface area (Å²) in [5, 5.41) is 0.332. The van der Waals surface area contributed by atoms with Crippen LogP contribution >= 0.6 is 30.5 Å². The number of esters is 1. The largest absolute Gasteiger partial charge is 0.479 e. The molecule has 0 N–H and O–H groups in total. The normalized spacial score (nSPS) is 15.8.